The Morgan fingerprint density at radius 1 is 0.328 bits per heavy atom. The molecular formula is C59H41NS. The van der Waals surface area contributed by atoms with Crippen molar-refractivity contribution in [2.24, 2.45) is 0 Å². The largest absolute Gasteiger partial charge is 0.310 e. The number of anilines is 3. The lowest BCUT2D eigenvalue weighted by atomic mass is 9.89. The maximum absolute atomic E-state index is 2.40. The van der Waals surface area contributed by atoms with E-state index in [1.807, 2.05) is 11.3 Å². The van der Waals surface area contributed by atoms with E-state index in [2.05, 4.69) is 242 Å². The van der Waals surface area contributed by atoms with Gasteiger partial charge >= 0.3 is 0 Å². The van der Waals surface area contributed by atoms with Crippen LogP contribution < -0.4 is 4.90 Å². The highest BCUT2D eigenvalue weighted by Crippen LogP contribution is 2.44. The molecule has 11 aromatic rings. The monoisotopic (exact) mass is 795 g/mol. The first-order valence-corrected chi connectivity index (χ1v) is 21.7. The summed E-state index contributed by atoms with van der Waals surface area (Å²) in [4.78, 5) is 2.40. The quantitative estimate of drug-likeness (QED) is 0.148. The molecule has 0 aliphatic heterocycles. The van der Waals surface area contributed by atoms with Crippen LogP contribution in [0.5, 0.6) is 0 Å². The average Bonchev–Trinajstić information content (AvgIpc) is 3.72. The van der Waals surface area contributed by atoms with Gasteiger partial charge in [-0.1, -0.05) is 182 Å². The molecule has 0 N–H and O–H groups in total. The van der Waals surface area contributed by atoms with Crippen molar-refractivity contribution in [1.29, 1.82) is 0 Å². The maximum Gasteiger partial charge on any atom is 0.0476 e. The summed E-state index contributed by atoms with van der Waals surface area (Å²) in [6.45, 7) is 2.22. The van der Waals surface area contributed by atoms with Crippen molar-refractivity contribution in [2.45, 2.75) is 6.92 Å². The molecule has 0 bridgehead atoms. The predicted octanol–water partition coefficient (Wildman–Crippen LogP) is 17.3. The summed E-state index contributed by atoms with van der Waals surface area (Å²) in [6.07, 6.45) is 0. The van der Waals surface area contributed by atoms with E-state index in [0.717, 1.165) is 17.1 Å². The molecule has 288 valence electrons. The van der Waals surface area contributed by atoms with Gasteiger partial charge in [-0.15, -0.1) is 11.3 Å². The molecule has 0 fully saturated rings. The molecule has 0 aliphatic carbocycles. The molecule has 0 atom stereocenters. The van der Waals surface area contributed by atoms with Crippen molar-refractivity contribution < 1.29 is 0 Å². The Morgan fingerprint density at radius 2 is 0.885 bits per heavy atom. The van der Waals surface area contributed by atoms with Crippen LogP contribution in [0, 0.1) is 6.92 Å². The fraction of sp³-hybridized carbons (Fsp3) is 0.0169. The van der Waals surface area contributed by atoms with E-state index in [0.29, 0.717) is 0 Å². The molecule has 1 aromatic heterocycles. The molecule has 1 heterocycles. The second kappa shape index (κ2) is 15.6. The zero-order valence-electron chi connectivity index (χ0n) is 33.8. The smallest absolute Gasteiger partial charge is 0.0476 e. The van der Waals surface area contributed by atoms with E-state index in [-0.39, 0.29) is 0 Å². The standard InChI is InChI=1S/C59H41NS/c1-40-14-13-23-56-58(40)54-37-34-50(39-57(54)61-56)60(48-30-24-44(25-31-48)53-36-28-43-19-11-12-22-52(43)59(53)46-20-9-4-10-21-46)49-32-26-45(27-33-49)55-38-47(41-15-5-2-6-16-41)29-35-51(55)42-17-7-3-8-18-42/h2-39H,1H3. The number of hydrogen-bond acceptors (Lipinski definition) is 2. The number of benzene rings is 10. The number of fused-ring (bicyclic) bond motifs is 4. The third kappa shape index (κ3) is 6.78. The number of aryl methyl sites for hydroxylation is 1. The summed E-state index contributed by atoms with van der Waals surface area (Å²) < 4.78 is 2.61. The minimum absolute atomic E-state index is 1.10. The normalized spacial score (nSPS) is 11.4. The van der Waals surface area contributed by atoms with Crippen LogP contribution in [0.4, 0.5) is 17.1 Å². The van der Waals surface area contributed by atoms with Gasteiger partial charge in [0.05, 0.1) is 0 Å². The molecule has 0 unspecified atom stereocenters. The summed E-state index contributed by atoms with van der Waals surface area (Å²) in [5.74, 6) is 0. The molecule has 61 heavy (non-hydrogen) atoms. The second-order valence-electron chi connectivity index (χ2n) is 15.7. The number of thiophene rings is 1. The molecule has 1 nitrogen and oxygen atoms in total. The first-order chi connectivity index (χ1) is 30.2. The Labute approximate surface area is 361 Å². The van der Waals surface area contributed by atoms with Gasteiger partial charge < -0.3 is 4.90 Å². The van der Waals surface area contributed by atoms with Gasteiger partial charge in [0, 0.05) is 37.2 Å². The highest BCUT2D eigenvalue weighted by molar-refractivity contribution is 7.25. The molecule has 0 radical (unpaired) electrons. The van der Waals surface area contributed by atoms with Gasteiger partial charge in [0.1, 0.15) is 0 Å². The molecule has 0 amide bonds. The third-order valence-electron chi connectivity index (χ3n) is 12.0. The lowest BCUT2D eigenvalue weighted by Gasteiger charge is -2.26. The lowest BCUT2D eigenvalue weighted by molar-refractivity contribution is 1.29. The van der Waals surface area contributed by atoms with Gasteiger partial charge in [-0.2, -0.15) is 0 Å². The minimum Gasteiger partial charge on any atom is -0.310 e. The number of hydrogen-bond donors (Lipinski definition) is 0. The van der Waals surface area contributed by atoms with Crippen LogP contribution in [0.3, 0.4) is 0 Å². The van der Waals surface area contributed by atoms with Crippen molar-refractivity contribution in [1.82, 2.24) is 0 Å². The van der Waals surface area contributed by atoms with Crippen molar-refractivity contribution in [3.05, 3.63) is 236 Å². The summed E-state index contributed by atoms with van der Waals surface area (Å²) in [5.41, 5.74) is 16.8. The first-order valence-electron chi connectivity index (χ1n) is 20.9. The Balaban J connectivity index is 1.04. The van der Waals surface area contributed by atoms with Crippen molar-refractivity contribution in [3.63, 3.8) is 0 Å². The number of nitrogens with zero attached hydrogens (tertiary/aromatic N) is 1. The molecule has 2 heteroatoms. The Hall–Kier alpha value is -7.52. The molecule has 10 aromatic carbocycles. The lowest BCUT2D eigenvalue weighted by Crippen LogP contribution is -2.09. The van der Waals surface area contributed by atoms with Crippen LogP contribution in [-0.4, -0.2) is 0 Å². The van der Waals surface area contributed by atoms with E-state index in [4.69, 9.17) is 0 Å². The van der Waals surface area contributed by atoms with Crippen LogP contribution in [0.1, 0.15) is 5.56 Å². The van der Waals surface area contributed by atoms with Gasteiger partial charge in [0.25, 0.3) is 0 Å². The zero-order valence-corrected chi connectivity index (χ0v) is 34.6. The SMILES string of the molecule is Cc1cccc2sc3cc(N(c4ccc(-c5cc(-c6ccccc6)ccc5-c5ccccc5)cc4)c4ccc(-c5ccc6ccccc6c5-c5ccccc5)cc4)ccc3c12. The first kappa shape index (κ1) is 36.6. The van der Waals surface area contributed by atoms with Crippen molar-refractivity contribution in [3.8, 4) is 55.6 Å². The van der Waals surface area contributed by atoms with Crippen LogP contribution in [0.25, 0.3) is 86.6 Å². The average molecular weight is 796 g/mol. The van der Waals surface area contributed by atoms with Crippen LogP contribution in [-0.2, 0) is 0 Å². The van der Waals surface area contributed by atoms with Gasteiger partial charge in [-0.05, 0) is 127 Å². The topological polar surface area (TPSA) is 3.24 Å². The molecular weight excluding hydrogens is 755 g/mol. The van der Waals surface area contributed by atoms with Gasteiger partial charge in [0.2, 0.25) is 0 Å². The molecule has 0 aliphatic rings. The van der Waals surface area contributed by atoms with Gasteiger partial charge in [-0.25, -0.2) is 0 Å². The fourth-order valence-corrected chi connectivity index (χ4v) is 10.3. The van der Waals surface area contributed by atoms with E-state index in [9.17, 15) is 0 Å². The second-order valence-corrected chi connectivity index (χ2v) is 16.8. The van der Waals surface area contributed by atoms with E-state index < -0.39 is 0 Å². The zero-order chi connectivity index (χ0) is 40.7. The number of rotatable bonds is 8. The fourth-order valence-electron chi connectivity index (χ4n) is 9.05. The summed E-state index contributed by atoms with van der Waals surface area (Å²) in [7, 11) is 0. The summed E-state index contributed by atoms with van der Waals surface area (Å²) in [6, 6.07) is 84.1. The van der Waals surface area contributed by atoms with Gasteiger partial charge in [-0.3, -0.25) is 0 Å². The summed E-state index contributed by atoms with van der Waals surface area (Å²) in [5, 5.41) is 5.16. The summed E-state index contributed by atoms with van der Waals surface area (Å²) >= 11 is 1.87. The Bertz CT molecular complexity index is 3330. The molecule has 11 rings (SSSR count). The van der Waals surface area contributed by atoms with E-state index in [1.54, 1.807) is 0 Å². The third-order valence-corrected chi connectivity index (χ3v) is 13.1. The van der Waals surface area contributed by atoms with Gasteiger partial charge in [0.15, 0.2) is 0 Å². The molecule has 0 spiro atoms. The Kier molecular flexibility index (Phi) is 9.34. The van der Waals surface area contributed by atoms with E-state index >= 15 is 0 Å². The van der Waals surface area contributed by atoms with Crippen LogP contribution in [0.2, 0.25) is 0 Å². The maximum atomic E-state index is 2.40. The van der Waals surface area contributed by atoms with Crippen molar-refractivity contribution in [2.75, 3.05) is 4.90 Å². The highest BCUT2D eigenvalue weighted by atomic mass is 32.1. The predicted molar refractivity (Wildman–Crippen MR) is 263 cm³/mol. The highest BCUT2D eigenvalue weighted by Gasteiger charge is 2.18. The van der Waals surface area contributed by atoms with Crippen LogP contribution in [0.15, 0.2) is 231 Å². The van der Waals surface area contributed by atoms with Crippen LogP contribution >= 0.6 is 11.3 Å². The Morgan fingerprint density at radius 3 is 1.59 bits per heavy atom. The molecule has 0 saturated carbocycles. The van der Waals surface area contributed by atoms with Crippen molar-refractivity contribution >= 4 is 59.3 Å². The molecule has 0 saturated heterocycles. The minimum atomic E-state index is 1.10. The van der Waals surface area contributed by atoms with E-state index in [1.165, 1.54) is 92.1 Å².